The number of amides is 2. The quantitative estimate of drug-likeness (QED) is 0.101. The average molecular weight is 543 g/mol. The number of nitrogens with one attached hydrogen (secondary N) is 2. The zero-order valence-corrected chi connectivity index (χ0v) is 20.2. The van der Waals surface area contributed by atoms with Crippen LogP contribution in [0.5, 0.6) is 5.75 Å². The molecule has 0 radical (unpaired) electrons. The molecule has 0 bridgehead atoms. The number of carbonyl (C=O) groups excluding carboxylic acids is 3. The Morgan fingerprint density at radius 1 is 0.825 bits per heavy atom. The van der Waals surface area contributed by atoms with Crippen LogP contribution in [-0.2, 0) is 0 Å². The zero-order chi connectivity index (χ0) is 28.6. The number of carbonyl (C=O) groups is 3. The van der Waals surface area contributed by atoms with Crippen molar-refractivity contribution in [3.8, 4) is 5.75 Å². The third-order valence-corrected chi connectivity index (χ3v) is 5.25. The van der Waals surface area contributed by atoms with E-state index in [9.17, 15) is 34.6 Å². The molecule has 0 saturated carbocycles. The highest BCUT2D eigenvalue weighted by Crippen LogP contribution is 2.31. The second-order valence-corrected chi connectivity index (χ2v) is 7.85. The van der Waals surface area contributed by atoms with Gasteiger partial charge < -0.3 is 14.5 Å². The lowest BCUT2D eigenvalue weighted by molar-refractivity contribution is -0.385. The fraction of sp³-hybridized carbons (Fsp3) is 0. The van der Waals surface area contributed by atoms with E-state index < -0.39 is 39.1 Å². The van der Waals surface area contributed by atoms with Crippen molar-refractivity contribution in [2.75, 3.05) is 5.32 Å². The number of nitro groups is 2. The highest BCUT2D eigenvalue weighted by molar-refractivity contribution is 6.02. The molecule has 3 aromatic carbocycles. The number of para-hydroxylation sites is 1. The first-order chi connectivity index (χ1) is 19.2. The molecule has 0 aliphatic rings. The molecule has 0 atom stereocenters. The van der Waals surface area contributed by atoms with Crippen molar-refractivity contribution < 1.29 is 33.4 Å². The van der Waals surface area contributed by atoms with Crippen LogP contribution >= 0.6 is 0 Å². The smallest absolute Gasteiger partial charge is 0.343 e. The van der Waals surface area contributed by atoms with Crippen LogP contribution in [0.3, 0.4) is 0 Å². The number of hydrogen-bond donors (Lipinski definition) is 2. The van der Waals surface area contributed by atoms with Gasteiger partial charge in [-0.3, -0.25) is 29.8 Å². The molecule has 4 rings (SSSR count). The summed E-state index contributed by atoms with van der Waals surface area (Å²) in [6.45, 7) is 0. The highest BCUT2D eigenvalue weighted by Gasteiger charge is 2.22. The Kier molecular flexibility index (Phi) is 8.00. The molecule has 2 N–H and O–H groups in total. The molecule has 4 aromatic rings. The van der Waals surface area contributed by atoms with Crippen molar-refractivity contribution in [2.24, 2.45) is 5.10 Å². The summed E-state index contributed by atoms with van der Waals surface area (Å²) in [5, 5.41) is 28.8. The lowest BCUT2D eigenvalue weighted by atomic mass is 10.1. The van der Waals surface area contributed by atoms with E-state index in [1.165, 1.54) is 48.7 Å². The van der Waals surface area contributed by atoms with Crippen LogP contribution in [0.25, 0.3) is 0 Å². The summed E-state index contributed by atoms with van der Waals surface area (Å²) in [4.78, 5) is 58.1. The minimum absolute atomic E-state index is 0.000693. The molecule has 0 aliphatic carbocycles. The largest absolute Gasteiger partial charge is 0.459 e. The minimum Gasteiger partial charge on any atom is -0.459 e. The Bertz CT molecular complexity index is 1610. The highest BCUT2D eigenvalue weighted by atomic mass is 16.6. The second-order valence-electron chi connectivity index (χ2n) is 7.85. The van der Waals surface area contributed by atoms with Gasteiger partial charge in [-0.2, -0.15) is 5.10 Å². The summed E-state index contributed by atoms with van der Waals surface area (Å²) >= 11 is 0. The topological polar surface area (TPSA) is 196 Å². The van der Waals surface area contributed by atoms with E-state index in [0.29, 0.717) is 5.69 Å². The summed E-state index contributed by atoms with van der Waals surface area (Å²) in [5.74, 6) is -2.41. The van der Waals surface area contributed by atoms with Gasteiger partial charge in [0.25, 0.3) is 17.5 Å². The second kappa shape index (κ2) is 11.9. The Morgan fingerprint density at radius 2 is 1.52 bits per heavy atom. The van der Waals surface area contributed by atoms with Crippen LogP contribution in [-0.4, -0.2) is 33.8 Å². The van der Waals surface area contributed by atoms with Crippen molar-refractivity contribution in [1.29, 1.82) is 0 Å². The number of nitro benzene ring substituents is 2. The van der Waals surface area contributed by atoms with Gasteiger partial charge in [0.05, 0.1) is 27.9 Å². The van der Waals surface area contributed by atoms with Crippen molar-refractivity contribution in [3.63, 3.8) is 0 Å². The van der Waals surface area contributed by atoms with Crippen LogP contribution < -0.4 is 15.5 Å². The van der Waals surface area contributed by atoms with Crippen molar-refractivity contribution in [2.45, 2.75) is 0 Å². The number of nitrogens with zero attached hydrogens (tertiary/aromatic N) is 3. The van der Waals surface area contributed by atoms with Crippen molar-refractivity contribution in [3.05, 3.63) is 128 Å². The van der Waals surface area contributed by atoms with Gasteiger partial charge in [-0.15, -0.1) is 0 Å². The van der Waals surface area contributed by atoms with Crippen LogP contribution in [0.1, 0.15) is 36.8 Å². The Hall–Kier alpha value is -6.18. The monoisotopic (exact) mass is 543 g/mol. The van der Waals surface area contributed by atoms with Crippen LogP contribution in [0.2, 0.25) is 0 Å². The van der Waals surface area contributed by atoms with Crippen molar-refractivity contribution >= 4 is 41.1 Å². The molecule has 0 saturated heterocycles. The van der Waals surface area contributed by atoms with Gasteiger partial charge in [-0.25, -0.2) is 10.2 Å². The molecule has 2 amide bonds. The van der Waals surface area contributed by atoms with Crippen LogP contribution in [0.15, 0.2) is 94.6 Å². The lowest BCUT2D eigenvalue weighted by Gasteiger charge is -2.08. The maximum Gasteiger partial charge on any atom is 0.343 e. The standard InChI is InChI=1S/C26H17N5O9/c32-24(16-6-10-19(11-7-16)28-25(33)22-5-2-14-39-22)29-27-15-18-3-1-4-21(31(37)38)23(18)40-26(34)17-8-12-20(13-9-17)30(35)36/h1-15H,(H,28,33)(H,29,32)/b27-15+. The van der Waals surface area contributed by atoms with Crippen LogP contribution in [0, 0.1) is 20.2 Å². The Balaban J connectivity index is 1.45. The van der Waals surface area contributed by atoms with E-state index in [0.717, 1.165) is 36.5 Å². The molecule has 14 heteroatoms. The summed E-state index contributed by atoms with van der Waals surface area (Å²) in [7, 11) is 0. The molecular weight excluding hydrogens is 526 g/mol. The van der Waals surface area contributed by atoms with E-state index in [1.807, 2.05) is 0 Å². The normalized spacial score (nSPS) is 10.6. The number of non-ortho nitro benzene ring substituents is 1. The Morgan fingerprint density at radius 3 is 2.15 bits per heavy atom. The minimum atomic E-state index is -0.998. The van der Waals surface area contributed by atoms with Crippen molar-refractivity contribution in [1.82, 2.24) is 5.43 Å². The number of esters is 1. The molecule has 0 fully saturated rings. The zero-order valence-electron chi connectivity index (χ0n) is 20.2. The number of hydrogen-bond acceptors (Lipinski definition) is 10. The first kappa shape index (κ1) is 26.9. The molecule has 1 aromatic heterocycles. The summed E-state index contributed by atoms with van der Waals surface area (Å²) in [6, 6.07) is 17.2. The first-order valence-corrected chi connectivity index (χ1v) is 11.3. The van der Waals surface area contributed by atoms with E-state index in [4.69, 9.17) is 9.15 Å². The van der Waals surface area contributed by atoms with Gasteiger partial charge in [-0.05, 0) is 54.6 Å². The van der Waals surface area contributed by atoms with E-state index in [-0.39, 0.29) is 28.1 Å². The average Bonchev–Trinajstić information content (AvgIpc) is 3.49. The number of ether oxygens (including phenoxy) is 1. The molecule has 40 heavy (non-hydrogen) atoms. The number of rotatable bonds is 9. The molecule has 0 aliphatic heterocycles. The number of anilines is 1. The first-order valence-electron chi connectivity index (χ1n) is 11.3. The SMILES string of the molecule is O=C(N/N=C/c1cccc([N+](=O)[O-])c1OC(=O)c1ccc([N+](=O)[O-])cc1)c1ccc(NC(=O)c2ccco2)cc1. The summed E-state index contributed by atoms with van der Waals surface area (Å²) < 4.78 is 10.3. The van der Waals surface area contributed by atoms with Gasteiger partial charge in [0.15, 0.2) is 5.76 Å². The van der Waals surface area contributed by atoms with E-state index in [2.05, 4.69) is 15.8 Å². The molecule has 0 spiro atoms. The molecule has 14 nitrogen and oxygen atoms in total. The molecule has 0 unspecified atom stereocenters. The predicted octanol–water partition coefficient (Wildman–Crippen LogP) is 4.33. The molecule has 1 heterocycles. The summed E-state index contributed by atoms with van der Waals surface area (Å²) in [6.07, 6.45) is 2.42. The van der Waals surface area contributed by atoms with Gasteiger partial charge in [0.2, 0.25) is 5.75 Å². The van der Waals surface area contributed by atoms with E-state index >= 15 is 0 Å². The van der Waals surface area contributed by atoms with Gasteiger partial charge >= 0.3 is 11.7 Å². The number of hydrazone groups is 1. The van der Waals surface area contributed by atoms with Gasteiger partial charge in [0.1, 0.15) is 0 Å². The Labute approximate surface area is 224 Å². The third kappa shape index (κ3) is 6.38. The van der Waals surface area contributed by atoms with E-state index in [1.54, 1.807) is 6.07 Å². The fourth-order valence-corrected chi connectivity index (χ4v) is 3.30. The maximum atomic E-state index is 12.6. The van der Waals surface area contributed by atoms with Gasteiger partial charge in [-0.1, -0.05) is 6.07 Å². The number of furan rings is 1. The number of benzene rings is 3. The fourth-order valence-electron chi connectivity index (χ4n) is 3.30. The molecular formula is C26H17N5O9. The lowest BCUT2D eigenvalue weighted by Crippen LogP contribution is -2.18. The molecule has 200 valence electrons. The third-order valence-electron chi connectivity index (χ3n) is 5.25. The summed E-state index contributed by atoms with van der Waals surface area (Å²) in [5.41, 5.74) is 1.99. The predicted molar refractivity (Wildman–Crippen MR) is 139 cm³/mol. The van der Waals surface area contributed by atoms with Crippen LogP contribution in [0.4, 0.5) is 17.1 Å². The maximum absolute atomic E-state index is 12.6. The van der Waals surface area contributed by atoms with Gasteiger partial charge in [0, 0.05) is 35.0 Å².